The molecule has 0 saturated heterocycles. The summed E-state index contributed by atoms with van der Waals surface area (Å²) in [4.78, 5) is 27.7. The van der Waals surface area contributed by atoms with Gasteiger partial charge in [0.1, 0.15) is 0 Å². The quantitative estimate of drug-likeness (QED) is 0.0615. The predicted molar refractivity (Wildman–Crippen MR) is 231 cm³/mol. The highest BCUT2D eigenvalue weighted by Crippen LogP contribution is 2.15. The molecule has 0 saturated carbocycles. The fourth-order valence-corrected chi connectivity index (χ4v) is 6.74. The first kappa shape index (κ1) is 53.0. The minimum absolute atomic E-state index is 0.235. The third-order valence-electron chi connectivity index (χ3n) is 10.2. The van der Waals surface area contributed by atoms with E-state index in [1.165, 1.54) is 180 Å². The fraction of sp³-hybridized carbons (Fsp3) is 0.957. The van der Waals surface area contributed by atoms with E-state index >= 15 is 0 Å². The van der Waals surface area contributed by atoms with Gasteiger partial charge in [-0.1, -0.05) is 194 Å². The van der Waals surface area contributed by atoms with Gasteiger partial charge >= 0.3 is 0 Å². The summed E-state index contributed by atoms with van der Waals surface area (Å²) in [5, 5.41) is 6.04. The van der Waals surface area contributed by atoms with Gasteiger partial charge in [-0.3, -0.25) is 9.59 Å². The third-order valence-corrected chi connectivity index (χ3v) is 10.2. The first-order chi connectivity index (χ1) is 25.3. The van der Waals surface area contributed by atoms with Crippen LogP contribution >= 0.6 is 0 Å². The summed E-state index contributed by atoms with van der Waals surface area (Å²) in [5.74, 6) is 0.469. The SMILES string of the molecule is CCCCCCCCCCCCCCCCCC(=O)NCCCN(C)C.CCCCCCCCCCCCCCCCCC(=O)NCCCN(C)C. The van der Waals surface area contributed by atoms with Gasteiger partial charge in [-0.15, -0.1) is 0 Å². The second-order valence-corrected chi connectivity index (χ2v) is 16.4. The Balaban J connectivity index is 0. The molecule has 0 bridgehead atoms. The number of nitrogens with zero attached hydrogens (tertiary/aromatic N) is 2. The lowest BCUT2D eigenvalue weighted by Crippen LogP contribution is -2.26. The number of hydrogen-bond donors (Lipinski definition) is 2. The van der Waals surface area contributed by atoms with Crippen molar-refractivity contribution in [2.45, 2.75) is 232 Å². The van der Waals surface area contributed by atoms with Crippen molar-refractivity contribution in [3.63, 3.8) is 0 Å². The summed E-state index contributed by atoms with van der Waals surface area (Å²) in [6, 6.07) is 0. The van der Waals surface area contributed by atoms with E-state index in [0.717, 1.165) is 51.9 Å². The number of unbranched alkanes of at least 4 members (excludes halogenated alkanes) is 28. The van der Waals surface area contributed by atoms with Crippen LogP contribution in [0.4, 0.5) is 0 Å². The van der Waals surface area contributed by atoms with E-state index in [-0.39, 0.29) is 11.8 Å². The van der Waals surface area contributed by atoms with Crippen LogP contribution in [0.5, 0.6) is 0 Å². The van der Waals surface area contributed by atoms with Crippen LogP contribution in [0.25, 0.3) is 0 Å². The number of carbonyl (C=O) groups excluding carboxylic acids is 2. The van der Waals surface area contributed by atoms with E-state index in [4.69, 9.17) is 0 Å². The van der Waals surface area contributed by atoms with E-state index in [0.29, 0.717) is 12.8 Å². The van der Waals surface area contributed by atoms with Crippen LogP contribution in [0.15, 0.2) is 0 Å². The van der Waals surface area contributed by atoms with Gasteiger partial charge in [0.25, 0.3) is 0 Å². The molecule has 6 heteroatoms. The van der Waals surface area contributed by atoms with E-state index in [1.807, 2.05) is 0 Å². The molecule has 0 heterocycles. The minimum Gasteiger partial charge on any atom is -0.356 e. The van der Waals surface area contributed by atoms with Gasteiger partial charge in [-0.25, -0.2) is 0 Å². The molecule has 0 fully saturated rings. The molecule has 2 N–H and O–H groups in total. The second-order valence-electron chi connectivity index (χ2n) is 16.4. The maximum absolute atomic E-state index is 11.7. The van der Waals surface area contributed by atoms with Crippen molar-refractivity contribution >= 4 is 11.8 Å². The highest BCUT2D eigenvalue weighted by molar-refractivity contribution is 5.76. The summed E-state index contributed by atoms with van der Waals surface area (Å²) in [6.45, 7) is 8.28. The topological polar surface area (TPSA) is 64.7 Å². The number of rotatable bonds is 40. The van der Waals surface area contributed by atoms with Gasteiger partial charge in [-0.2, -0.15) is 0 Å². The van der Waals surface area contributed by atoms with Gasteiger partial charge in [0.2, 0.25) is 11.8 Å². The van der Waals surface area contributed by atoms with Crippen molar-refractivity contribution in [2.24, 2.45) is 0 Å². The lowest BCUT2D eigenvalue weighted by atomic mass is 10.0. The number of hydrogen-bond acceptors (Lipinski definition) is 4. The standard InChI is InChI=1S/2C23H48N2O/c2*1-4-5-6-7-8-9-10-11-12-13-14-15-16-17-18-20-23(26)24-21-19-22-25(2)3/h2*4-22H2,1-3H3,(H,24,26). The van der Waals surface area contributed by atoms with Crippen molar-refractivity contribution < 1.29 is 9.59 Å². The summed E-state index contributed by atoms with van der Waals surface area (Å²) >= 11 is 0. The molecule has 0 spiro atoms. The Morgan fingerprint density at radius 2 is 0.538 bits per heavy atom. The Morgan fingerprint density at radius 3 is 0.750 bits per heavy atom. The van der Waals surface area contributed by atoms with Crippen molar-refractivity contribution in [1.29, 1.82) is 0 Å². The smallest absolute Gasteiger partial charge is 0.219 e. The van der Waals surface area contributed by atoms with Crippen molar-refractivity contribution in [3.05, 3.63) is 0 Å². The zero-order chi connectivity index (χ0) is 38.6. The first-order valence-corrected chi connectivity index (χ1v) is 23.2. The summed E-state index contributed by atoms with van der Waals surface area (Å²) < 4.78 is 0. The normalized spacial score (nSPS) is 11.2. The molecule has 0 aromatic heterocycles. The Morgan fingerprint density at radius 1 is 0.327 bits per heavy atom. The maximum atomic E-state index is 11.7. The largest absolute Gasteiger partial charge is 0.356 e. The van der Waals surface area contributed by atoms with Crippen molar-refractivity contribution in [2.75, 3.05) is 54.4 Å². The number of carbonyl (C=O) groups is 2. The fourth-order valence-electron chi connectivity index (χ4n) is 6.74. The molecule has 0 aromatic carbocycles. The highest BCUT2D eigenvalue weighted by Gasteiger charge is 2.02. The molecule has 0 aliphatic carbocycles. The molecule has 0 rings (SSSR count). The maximum Gasteiger partial charge on any atom is 0.219 e. The van der Waals surface area contributed by atoms with E-state index in [2.05, 4.69) is 62.5 Å². The van der Waals surface area contributed by atoms with E-state index in [1.54, 1.807) is 0 Å². The molecule has 0 aliphatic rings. The highest BCUT2D eigenvalue weighted by atomic mass is 16.2. The van der Waals surface area contributed by atoms with Crippen LogP contribution in [-0.2, 0) is 9.59 Å². The van der Waals surface area contributed by atoms with Crippen molar-refractivity contribution in [1.82, 2.24) is 20.4 Å². The zero-order valence-electron chi connectivity index (χ0n) is 36.6. The molecule has 0 atom stereocenters. The molecule has 0 aliphatic heterocycles. The summed E-state index contributed by atoms with van der Waals surface area (Å²) in [6.07, 6.45) is 44.6. The Hall–Kier alpha value is -1.14. The van der Waals surface area contributed by atoms with E-state index < -0.39 is 0 Å². The summed E-state index contributed by atoms with van der Waals surface area (Å²) in [5.41, 5.74) is 0. The van der Waals surface area contributed by atoms with Gasteiger partial charge in [0, 0.05) is 25.9 Å². The van der Waals surface area contributed by atoms with Gasteiger partial charge < -0.3 is 20.4 Å². The molecular weight excluding hydrogens is 641 g/mol. The van der Waals surface area contributed by atoms with Gasteiger partial charge in [0.05, 0.1) is 0 Å². The molecule has 0 radical (unpaired) electrons. The van der Waals surface area contributed by atoms with Crippen LogP contribution in [-0.4, -0.2) is 76.0 Å². The monoisotopic (exact) mass is 737 g/mol. The Kier molecular flexibility index (Phi) is 46.9. The molecule has 2 amide bonds. The van der Waals surface area contributed by atoms with Crippen LogP contribution in [0, 0.1) is 0 Å². The Labute approximate surface area is 327 Å². The molecule has 52 heavy (non-hydrogen) atoms. The van der Waals surface area contributed by atoms with Crippen molar-refractivity contribution in [3.8, 4) is 0 Å². The van der Waals surface area contributed by atoms with Crippen LogP contribution in [0.3, 0.4) is 0 Å². The van der Waals surface area contributed by atoms with Gasteiger partial charge in [0.15, 0.2) is 0 Å². The van der Waals surface area contributed by atoms with E-state index in [9.17, 15) is 9.59 Å². The average Bonchev–Trinajstić information content (AvgIpc) is 3.12. The molecule has 0 unspecified atom stereocenters. The third kappa shape index (κ3) is 51.0. The lowest BCUT2D eigenvalue weighted by Gasteiger charge is -2.09. The predicted octanol–water partition coefficient (Wildman–Crippen LogP) is 12.6. The lowest BCUT2D eigenvalue weighted by molar-refractivity contribution is -0.122. The van der Waals surface area contributed by atoms with Crippen LogP contribution < -0.4 is 10.6 Å². The Bertz CT molecular complexity index is 642. The summed E-state index contributed by atoms with van der Waals surface area (Å²) in [7, 11) is 8.27. The zero-order valence-corrected chi connectivity index (χ0v) is 36.6. The first-order valence-electron chi connectivity index (χ1n) is 23.2. The molecule has 312 valence electrons. The van der Waals surface area contributed by atoms with Crippen LogP contribution in [0.2, 0.25) is 0 Å². The van der Waals surface area contributed by atoms with Gasteiger partial charge in [-0.05, 0) is 67.0 Å². The molecule has 0 aromatic rings. The number of amides is 2. The average molecular weight is 737 g/mol. The molecular formula is C46H96N4O2. The van der Waals surface area contributed by atoms with Crippen LogP contribution in [0.1, 0.15) is 232 Å². The number of nitrogens with one attached hydrogen (secondary N) is 2. The molecule has 6 nitrogen and oxygen atoms in total. The minimum atomic E-state index is 0.235. The second kappa shape index (κ2) is 46.0.